The molecule has 4 aliphatic rings. The number of aromatic amines is 1. The van der Waals surface area contributed by atoms with Crippen LogP contribution in [0.15, 0.2) is 91.1 Å². The van der Waals surface area contributed by atoms with Crippen LogP contribution in [0.25, 0.3) is 39.8 Å². The molecule has 0 radical (unpaired) electrons. The topological polar surface area (TPSA) is 136 Å². The summed E-state index contributed by atoms with van der Waals surface area (Å²) in [7, 11) is 0. The molecule has 11 heteroatoms. The summed E-state index contributed by atoms with van der Waals surface area (Å²) >= 11 is 3.49. The van der Waals surface area contributed by atoms with Crippen LogP contribution in [0.2, 0.25) is 0 Å². The van der Waals surface area contributed by atoms with E-state index in [1.54, 1.807) is 12.4 Å². The third kappa shape index (κ3) is 6.78. The quantitative estimate of drug-likeness (QED) is 0.155. The summed E-state index contributed by atoms with van der Waals surface area (Å²) in [4.78, 5) is 33.9. The molecule has 51 heavy (non-hydrogen) atoms. The summed E-state index contributed by atoms with van der Waals surface area (Å²) in [6, 6.07) is 18.4. The summed E-state index contributed by atoms with van der Waals surface area (Å²) < 4.78 is 11.9. The van der Waals surface area contributed by atoms with Gasteiger partial charge >= 0.3 is 0 Å². The molecule has 0 bridgehead atoms. The molecule has 3 aliphatic carbocycles. The van der Waals surface area contributed by atoms with Crippen LogP contribution in [0.5, 0.6) is 0 Å². The molecular weight excluding hydrogens is 706 g/mol. The molecule has 0 amide bonds. The molecule has 4 aromatic heterocycles. The number of nitrogens with zero attached hydrogens (tertiary/aromatic N) is 6. The van der Waals surface area contributed by atoms with Gasteiger partial charge in [0.05, 0.1) is 11.4 Å². The summed E-state index contributed by atoms with van der Waals surface area (Å²) in [5.41, 5.74) is 10.3. The maximum absolute atomic E-state index is 12.8. The fraction of sp³-hybridized carbons (Fsp3) is 0.275. The van der Waals surface area contributed by atoms with Crippen LogP contribution in [0.1, 0.15) is 97.1 Å². The number of fused-ring (bicyclic) bond motifs is 2. The predicted octanol–water partition coefficient (Wildman–Crippen LogP) is 9.07. The van der Waals surface area contributed by atoms with E-state index < -0.39 is 0 Å². The average Bonchev–Trinajstić information content (AvgIpc) is 3.83. The molecule has 254 valence electrons. The van der Waals surface area contributed by atoms with E-state index in [9.17, 15) is 4.79 Å². The molecule has 5 heterocycles. The van der Waals surface area contributed by atoms with E-state index >= 15 is 0 Å². The SMILES string of the molecule is Brc1ccc2c(c1)C=C(c1nc(C3CC3)no1)C2.CC1=C(c2ccc3[nH]c(-c4nc(C5CC5)no4)cc3c2)N=C(C(=O)CCc2ccncc2)C1. The Labute approximate surface area is 302 Å². The van der Waals surface area contributed by atoms with Crippen LogP contribution in [0.3, 0.4) is 0 Å². The number of rotatable bonds is 9. The zero-order valence-electron chi connectivity index (χ0n) is 28.0. The Bertz CT molecular complexity index is 2390. The van der Waals surface area contributed by atoms with Crippen molar-refractivity contribution in [2.45, 2.75) is 70.1 Å². The van der Waals surface area contributed by atoms with Crippen molar-refractivity contribution < 1.29 is 13.8 Å². The number of carbonyl (C=O) groups is 1. The second kappa shape index (κ2) is 13.1. The lowest BCUT2D eigenvalue weighted by atomic mass is 10.0. The molecule has 0 spiro atoms. The Morgan fingerprint density at radius 3 is 2.39 bits per heavy atom. The first-order valence-electron chi connectivity index (χ1n) is 17.4. The molecule has 6 aromatic rings. The standard InChI is InChI=1S/C26H23N5O2.C14H11BrN2O/c1-15-12-21(23(32)7-2-16-8-10-27-11-9-16)29-24(15)18-5-6-20-19(13-18)14-22(28-20)26-30-25(31-33-26)17-3-4-17;15-12-4-3-9-5-11(6-10(9)7-12)14-16-13(17-18-14)8-1-2-8/h5-6,8-11,13-14,17,28H,2-4,7,12H2,1H3;3-4,6-8H,1-2,5H2. The monoisotopic (exact) mass is 739 g/mol. The zero-order chi connectivity index (χ0) is 34.5. The highest BCUT2D eigenvalue weighted by Crippen LogP contribution is 2.40. The van der Waals surface area contributed by atoms with E-state index in [1.807, 2.05) is 37.3 Å². The summed E-state index contributed by atoms with van der Waals surface area (Å²) in [5, 5.41) is 9.22. The first-order valence-corrected chi connectivity index (χ1v) is 18.2. The number of aromatic nitrogens is 6. The number of H-pyrrole nitrogens is 1. The van der Waals surface area contributed by atoms with Crippen molar-refractivity contribution in [3.05, 3.63) is 117 Å². The van der Waals surface area contributed by atoms with Gasteiger partial charge in [0.1, 0.15) is 5.69 Å². The first kappa shape index (κ1) is 31.7. The van der Waals surface area contributed by atoms with Gasteiger partial charge in [-0.3, -0.25) is 9.78 Å². The summed E-state index contributed by atoms with van der Waals surface area (Å²) in [5.74, 6) is 3.98. The van der Waals surface area contributed by atoms with Crippen molar-refractivity contribution in [1.29, 1.82) is 0 Å². The van der Waals surface area contributed by atoms with Gasteiger partial charge in [-0.25, -0.2) is 4.99 Å². The molecule has 10 rings (SSSR count). The van der Waals surface area contributed by atoms with E-state index in [1.165, 1.54) is 24.0 Å². The maximum atomic E-state index is 12.8. The number of aliphatic imine (C=N–C) groups is 1. The molecule has 2 fully saturated rings. The summed E-state index contributed by atoms with van der Waals surface area (Å²) in [6.45, 7) is 2.05. The second-order valence-electron chi connectivity index (χ2n) is 13.8. The molecular formula is C40H34BrN7O3. The van der Waals surface area contributed by atoms with Crippen LogP contribution in [-0.2, 0) is 17.6 Å². The van der Waals surface area contributed by atoms with Crippen molar-refractivity contribution >= 4 is 55.7 Å². The molecule has 10 nitrogen and oxygen atoms in total. The van der Waals surface area contributed by atoms with Crippen LogP contribution < -0.4 is 0 Å². The van der Waals surface area contributed by atoms with E-state index in [2.05, 4.69) is 76.5 Å². The van der Waals surface area contributed by atoms with Crippen molar-refractivity contribution in [3.63, 3.8) is 0 Å². The van der Waals surface area contributed by atoms with Crippen LogP contribution in [-0.4, -0.2) is 41.7 Å². The van der Waals surface area contributed by atoms with E-state index in [0.717, 1.165) is 80.0 Å². The Hall–Kier alpha value is -5.29. The Morgan fingerprint density at radius 1 is 0.882 bits per heavy atom. The molecule has 0 saturated heterocycles. The number of hydrogen-bond donors (Lipinski definition) is 1. The van der Waals surface area contributed by atoms with E-state index in [-0.39, 0.29) is 5.78 Å². The molecule has 2 aromatic carbocycles. The Morgan fingerprint density at radius 2 is 1.63 bits per heavy atom. The highest BCUT2D eigenvalue weighted by Gasteiger charge is 2.31. The van der Waals surface area contributed by atoms with Gasteiger partial charge in [0.15, 0.2) is 17.4 Å². The van der Waals surface area contributed by atoms with Crippen molar-refractivity contribution in [2.24, 2.45) is 4.99 Å². The van der Waals surface area contributed by atoms with Crippen molar-refractivity contribution in [1.82, 2.24) is 30.2 Å². The summed E-state index contributed by atoms with van der Waals surface area (Å²) in [6.07, 6.45) is 13.0. The van der Waals surface area contributed by atoms with Gasteiger partial charge in [0.2, 0.25) is 0 Å². The lowest BCUT2D eigenvalue weighted by Gasteiger charge is -2.02. The predicted molar refractivity (Wildman–Crippen MR) is 198 cm³/mol. The van der Waals surface area contributed by atoms with Crippen LogP contribution in [0.4, 0.5) is 0 Å². The largest absolute Gasteiger partial charge is 0.351 e. The van der Waals surface area contributed by atoms with Gasteiger partial charge in [-0.2, -0.15) is 9.97 Å². The van der Waals surface area contributed by atoms with Crippen LogP contribution in [0, 0.1) is 0 Å². The normalized spacial score (nSPS) is 16.6. The van der Waals surface area contributed by atoms with Gasteiger partial charge in [-0.1, -0.05) is 38.4 Å². The molecule has 0 atom stereocenters. The minimum absolute atomic E-state index is 0.106. The second-order valence-corrected chi connectivity index (χ2v) is 14.7. The molecule has 1 aliphatic heterocycles. The van der Waals surface area contributed by atoms with Gasteiger partial charge in [-0.15, -0.1) is 0 Å². The number of aryl methyl sites for hydroxylation is 1. The number of nitrogens with one attached hydrogen (secondary N) is 1. The average molecular weight is 741 g/mol. The third-order valence-corrected chi connectivity index (χ3v) is 10.3. The number of pyridine rings is 1. The maximum Gasteiger partial charge on any atom is 0.274 e. The molecule has 2 saturated carbocycles. The number of benzene rings is 2. The van der Waals surface area contributed by atoms with Gasteiger partial charge < -0.3 is 14.0 Å². The number of carbonyl (C=O) groups excluding carboxylic acids is 1. The van der Waals surface area contributed by atoms with Crippen molar-refractivity contribution in [2.75, 3.05) is 0 Å². The van der Waals surface area contributed by atoms with Crippen LogP contribution >= 0.6 is 15.9 Å². The van der Waals surface area contributed by atoms with E-state index in [0.29, 0.717) is 48.6 Å². The highest BCUT2D eigenvalue weighted by atomic mass is 79.9. The molecule has 0 unspecified atom stereocenters. The Kier molecular flexibility index (Phi) is 8.14. The van der Waals surface area contributed by atoms with Gasteiger partial charge in [-0.05, 0) is 110 Å². The zero-order valence-corrected chi connectivity index (χ0v) is 29.6. The highest BCUT2D eigenvalue weighted by molar-refractivity contribution is 9.10. The third-order valence-electron chi connectivity index (χ3n) is 9.78. The van der Waals surface area contributed by atoms with Gasteiger partial charge in [0.25, 0.3) is 11.8 Å². The number of hydrogen-bond acceptors (Lipinski definition) is 9. The minimum Gasteiger partial charge on any atom is -0.351 e. The minimum atomic E-state index is 0.106. The number of ketones is 1. The lowest BCUT2D eigenvalue weighted by Crippen LogP contribution is -2.12. The first-order chi connectivity index (χ1) is 24.9. The molecule has 1 N–H and O–H groups in total. The lowest BCUT2D eigenvalue weighted by molar-refractivity contribution is -0.113. The van der Waals surface area contributed by atoms with Crippen molar-refractivity contribution in [3.8, 4) is 11.6 Å². The number of allylic oxidation sites excluding steroid dienone is 2. The number of Topliss-reactive ketones (excluding diaryl/α,β-unsaturated/α-hetero) is 1. The van der Waals surface area contributed by atoms with Gasteiger partial charge in [0, 0.05) is 70.0 Å². The fourth-order valence-corrected chi connectivity index (χ4v) is 6.97. The number of halogens is 1. The smallest absolute Gasteiger partial charge is 0.274 e. The van der Waals surface area contributed by atoms with E-state index in [4.69, 9.17) is 14.0 Å². The fourth-order valence-electron chi connectivity index (χ4n) is 6.59. The Balaban J connectivity index is 0.000000162.